The maximum Gasteiger partial charge on any atom is 0.159 e. The van der Waals surface area contributed by atoms with E-state index < -0.39 is 14.6 Å². The second-order valence-electron chi connectivity index (χ2n) is 5.05. The highest BCUT2D eigenvalue weighted by Crippen LogP contribution is 2.20. The maximum atomic E-state index is 12.0. The highest BCUT2D eigenvalue weighted by Gasteiger charge is 2.37. The largest absolute Gasteiger partial charge is 0.497 e. The van der Waals surface area contributed by atoms with Crippen molar-refractivity contribution in [2.75, 3.05) is 13.4 Å². The number of hydrogen-bond acceptors (Lipinski definition) is 4. The molecule has 0 fully saturated rings. The van der Waals surface area contributed by atoms with Gasteiger partial charge in [-0.3, -0.25) is 4.79 Å². The maximum absolute atomic E-state index is 12.0. The minimum atomic E-state index is -3.39. The fraction of sp³-hybridized carbons (Fsp3) is 0.500. The Balaban J connectivity index is 2.69. The number of hydrogen-bond donors (Lipinski definition) is 0. The molecule has 1 rings (SSSR count). The first-order chi connectivity index (χ1) is 8.68. The fourth-order valence-corrected chi connectivity index (χ4v) is 2.07. The van der Waals surface area contributed by atoms with Crippen molar-refractivity contribution in [3.8, 4) is 5.75 Å². The summed E-state index contributed by atoms with van der Waals surface area (Å²) >= 11 is 0. The van der Waals surface area contributed by atoms with Crippen molar-refractivity contribution in [3.63, 3.8) is 0 Å². The van der Waals surface area contributed by atoms with Crippen LogP contribution >= 0.6 is 0 Å². The molecule has 0 heterocycles. The first kappa shape index (κ1) is 15.7. The third-order valence-electron chi connectivity index (χ3n) is 3.40. The van der Waals surface area contributed by atoms with Crippen LogP contribution in [0.2, 0.25) is 0 Å². The van der Waals surface area contributed by atoms with E-state index in [9.17, 15) is 13.2 Å². The van der Waals surface area contributed by atoms with Gasteiger partial charge in [0.25, 0.3) is 0 Å². The van der Waals surface area contributed by atoms with Gasteiger partial charge in [-0.25, -0.2) is 8.42 Å². The predicted molar refractivity (Wildman–Crippen MR) is 75.2 cm³/mol. The molecule has 19 heavy (non-hydrogen) atoms. The number of sulfone groups is 1. The van der Waals surface area contributed by atoms with E-state index in [4.69, 9.17) is 4.74 Å². The summed E-state index contributed by atoms with van der Waals surface area (Å²) in [4.78, 5) is 12.0. The second kappa shape index (κ2) is 5.74. The number of carbonyl (C=O) groups is 1. The molecule has 0 bridgehead atoms. The number of ketones is 1. The van der Waals surface area contributed by atoms with Crippen LogP contribution in [0, 0.1) is 0 Å². The van der Waals surface area contributed by atoms with E-state index in [2.05, 4.69) is 0 Å². The topological polar surface area (TPSA) is 60.4 Å². The summed E-state index contributed by atoms with van der Waals surface area (Å²) in [5.74, 6) is 0.498. The van der Waals surface area contributed by atoms with Crippen molar-refractivity contribution in [1.29, 1.82) is 0 Å². The van der Waals surface area contributed by atoms with Gasteiger partial charge < -0.3 is 4.74 Å². The summed E-state index contributed by atoms with van der Waals surface area (Å²) in [7, 11) is -1.80. The molecule has 1 aromatic rings. The van der Waals surface area contributed by atoms with Gasteiger partial charge in [0.05, 0.1) is 7.11 Å². The lowest BCUT2D eigenvalue weighted by Crippen LogP contribution is -2.40. The summed E-state index contributed by atoms with van der Waals surface area (Å²) in [6.07, 6.45) is 1.84. The standard InChI is InChI=1S/C14H20O4S/c1-14(2,19(4,16)17)13(15)10-7-11-5-8-12(18-3)9-6-11/h5-6,8-9H,7,10H2,1-4H3. The van der Waals surface area contributed by atoms with Gasteiger partial charge in [-0.05, 0) is 38.0 Å². The minimum absolute atomic E-state index is 0.215. The van der Waals surface area contributed by atoms with E-state index in [-0.39, 0.29) is 12.2 Å². The number of benzene rings is 1. The zero-order valence-electron chi connectivity index (χ0n) is 11.8. The van der Waals surface area contributed by atoms with Crippen LogP contribution in [-0.2, 0) is 21.1 Å². The van der Waals surface area contributed by atoms with Crippen LogP contribution in [0.3, 0.4) is 0 Å². The van der Waals surface area contributed by atoms with Crippen molar-refractivity contribution in [2.24, 2.45) is 0 Å². The average Bonchev–Trinajstić information content (AvgIpc) is 2.35. The molecule has 0 aliphatic carbocycles. The van der Waals surface area contributed by atoms with E-state index in [0.29, 0.717) is 6.42 Å². The molecule has 1 aromatic carbocycles. The number of aryl methyl sites for hydroxylation is 1. The molecule has 0 N–H and O–H groups in total. The van der Waals surface area contributed by atoms with E-state index in [0.717, 1.165) is 17.6 Å². The molecule has 0 aliphatic heterocycles. The van der Waals surface area contributed by atoms with Crippen LogP contribution in [-0.4, -0.2) is 32.3 Å². The summed E-state index contributed by atoms with van der Waals surface area (Å²) in [6.45, 7) is 2.91. The zero-order chi connectivity index (χ0) is 14.7. The quantitative estimate of drug-likeness (QED) is 0.802. The normalized spacial score (nSPS) is 12.2. The van der Waals surface area contributed by atoms with Gasteiger partial charge in [0.1, 0.15) is 10.5 Å². The third kappa shape index (κ3) is 3.80. The Hall–Kier alpha value is -1.36. The molecule has 0 atom stereocenters. The van der Waals surface area contributed by atoms with Gasteiger partial charge in [0.2, 0.25) is 0 Å². The molecular weight excluding hydrogens is 264 g/mol. The highest BCUT2D eigenvalue weighted by molar-refractivity contribution is 7.92. The molecule has 0 spiro atoms. The smallest absolute Gasteiger partial charge is 0.159 e. The van der Waals surface area contributed by atoms with Crippen molar-refractivity contribution in [3.05, 3.63) is 29.8 Å². The summed E-state index contributed by atoms with van der Waals surface area (Å²) in [5.41, 5.74) is 0.985. The molecule has 0 radical (unpaired) electrons. The second-order valence-corrected chi connectivity index (χ2v) is 7.62. The van der Waals surface area contributed by atoms with E-state index in [1.807, 2.05) is 24.3 Å². The molecule has 4 nitrogen and oxygen atoms in total. The van der Waals surface area contributed by atoms with Crippen LogP contribution in [0.5, 0.6) is 5.75 Å². The summed E-state index contributed by atoms with van der Waals surface area (Å²) in [5, 5.41) is 0. The Bertz CT molecular complexity index is 541. The van der Waals surface area contributed by atoms with Crippen molar-refractivity contribution < 1.29 is 17.9 Å². The van der Waals surface area contributed by atoms with Crippen LogP contribution in [0.1, 0.15) is 25.8 Å². The lowest BCUT2D eigenvalue weighted by molar-refractivity contribution is -0.120. The van der Waals surface area contributed by atoms with Gasteiger partial charge in [-0.15, -0.1) is 0 Å². The molecule has 106 valence electrons. The average molecular weight is 284 g/mol. The molecule has 0 unspecified atom stereocenters. The molecule has 0 saturated heterocycles. The molecule has 5 heteroatoms. The molecule has 0 amide bonds. The highest BCUT2D eigenvalue weighted by atomic mass is 32.2. The Morgan fingerprint density at radius 2 is 1.74 bits per heavy atom. The van der Waals surface area contributed by atoms with Crippen LogP contribution in [0.4, 0.5) is 0 Å². The van der Waals surface area contributed by atoms with Gasteiger partial charge in [0.15, 0.2) is 15.6 Å². The van der Waals surface area contributed by atoms with Crippen molar-refractivity contribution in [1.82, 2.24) is 0 Å². The number of methoxy groups -OCH3 is 1. The number of Topliss-reactive ketones (excluding diaryl/α,β-unsaturated/α-hetero) is 1. The van der Waals surface area contributed by atoms with E-state index in [1.165, 1.54) is 13.8 Å². The monoisotopic (exact) mass is 284 g/mol. The first-order valence-electron chi connectivity index (χ1n) is 6.04. The van der Waals surface area contributed by atoms with Gasteiger partial charge in [-0.1, -0.05) is 12.1 Å². The molecular formula is C14H20O4S. The number of carbonyl (C=O) groups excluding carboxylic acids is 1. The minimum Gasteiger partial charge on any atom is -0.497 e. The van der Waals surface area contributed by atoms with E-state index >= 15 is 0 Å². The Labute approximate surface area is 114 Å². The lowest BCUT2D eigenvalue weighted by atomic mass is 10.0. The summed E-state index contributed by atoms with van der Waals surface area (Å²) in [6, 6.07) is 7.39. The lowest BCUT2D eigenvalue weighted by Gasteiger charge is -2.20. The Kier molecular flexibility index (Phi) is 4.74. The van der Waals surface area contributed by atoms with Gasteiger partial charge in [-0.2, -0.15) is 0 Å². The third-order valence-corrected chi connectivity index (χ3v) is 5.48. The van der Waals surface area contributed by atoms with E-state index in [1.54, 1.807) is 7.11 Å². The van der Waals surface area contributed by atoms with Crippen LogP contribution in [0.25, 0.3) is 0 Å². The molecule has 0 aliphatic rings. The van der Waals surface area contributed by atoms with Crippen molar-refractivity contribution in [2.45, 2.75) is 31.4 Å². The Morgan fingerprint density at radius 3 is 2.16 bits per heavy atom. The predicted octanol–water partition coefficient (Wildman–Crippen LogP) is 2.02. The fourth-order valence-electron chi connectivity index (χ4n) is 1.56. The van der Waals surface area contributed by atoms with Gasteiger partial charge >= 0.3 is 0 Å². The molecule has 0 saturated carbocycles. The van der Waals surface area contributed by atoms with Crippen molar-refractivity contribution >= 4 is 15.6 Å². The zero-order valence-corrected chi connectivity index (χ0v) is 12.6. The number of ether oxygens (including phenoxy) is 1. The SMILES string of the molecule is COc1ccc(CCC(=O)C(C)(C)S(C)(=O)=O)cc1. The van der Waals surface area contributed by atoms with Crippen LogP contribution < -0.4 is 4.74 Å². The number of rotatable bonds is 6. The summed E-state index contributed by atoms with van der Waals surface area (Å²) < 4.78 is 26.8. The first-order valence-corrected chi connectivity index (χ1v) is 7.93. The Morgan fingerprint density at radius 1 is 1.21 bits per heavy atom. The van der Waals surface area contributed by atoms with Crippen LogP contribution in [0.15, 0.2) is 24.3 Å². The van der Waals surface area contributed by atoms with Gasteiger partial charge in [0, 0.05) is 12.7 Å². The molecule has 0 aromatic heterocycles.